The van der Waals surface area contributed by atoms with Gasteiger partial charge in [-0.25, -0.2) is 4.79 Å². The minimum atomic E-state index is -0.789. The van der Waals surface area contributed by atoms with Crippen molar-refractivity contribution in [2.45, 2.75) is 32.2 Å². The molecule has 31 heavy (non-hydrogen) atoms. The van der Waals surface area contributed by atoms with Gasteiger partial charge in [0.25, 0.3) is 5.56 Å². The van der Waals surface area contributed by atoms with Crippen molar-refractivity contribution in [1.29, 1.82) is 0 Å². The van der Waals surface area contributed by atoms with Crippen molar-refractivity contribution in [3.63, 3.8) is 0 Å². The van der Waals surface area contributed by atoms with Crippen LogP contribution in [0, 0.1) is 0 Å². The molecule has 3 heterocycles. The number of nitrogens with two attached hydrogens (primary N) is 1. The van der Waals surface area contributed by atoms with Gasteiger partial charge < -0.3 is 19.8 Å². The molecule has 3 aromatic rings. The Labute approximate surface area is 183 Å². The Morgan fingerprint density at radius 2 is 2.06 bits per heavy atom. The third-order valence-corrected chi connectivity index (χ3v) is 6.29. The fourth-order valence-electron chi connectivity index (χ4n) is 4.69. The van der Waals surface area contributed by atoms with Crippen molar-refractivity contribution in [3.8, 4) is 5.75 Å². The Bertz CT molecular complexity index is 1330. The van der Waals surface area contributed by atoms with E-state index in [0.29, 0.717) is 28.4 Å². The van der Waals surface area contributed by atoms with Gasteiger partial charge in [0.1, 0.15) is 11.3 Å². The molecule has 0 bridgehead atoms. The van der Waals surface area contributed by atoms with Crippen LogP contribution in [0.15, 0.2) is 58.7 Å². The summed E-state index contributed by atoms with van der Waals surface area (Å²) in [6, 6.07) is 13.0. The maximum atomic E-state index is 13.8. The topological polar surface area (TPSA) is 83.6 Å². The van der Waals surface area contributed by atoms with Crippen molar-refractivity contribution >= 4 is 28.5 Å². The number of ether oxygens (including phenoxy) is 2. The lowest BCUT2D eigenvalue weighted by Crippen LogP contribution is -2.36. The highest BCUT2D eigenvalue weighted by Gasteiger charge is 2.40. The average Bonchev–Trinajstić information content (AvgIpc) is 2.77. The molecular formula is C24H21ClN2O4. The molecule has 1 atom stereocenters. The van der Waals surface area contributed by atoms with E-state index in [4.69, 9.17) is 26.8 Å². The van der Waals surface area contributed by atoms with Gasteiger partial charge in [0.2, 0.25) is 5.88 Å². The minimum absolute atomic E-state index is 0.0724. The standard InChI is InChI=1S/C24H21ClN2O4/c1-2-30-24(29)19-17(14-9-3-4-11-16(14)25)18-21(31-22(19)26)15-10-5-7-13-8-6-12-27(20(13)15)23(18)28/h3-5,7,9-11,17H,2,6,8,12,26H2,1H3. The van der Waals surface area contributed by atoms with Gasteiger partial charge in [0, 0.05) is 17.0 Å². The number of hydrogen-bond acceptors (Lipinski definition) is 5. The zero-order valence-electron chi connectivity index (χ0n) is 17.0. The molecule has 6 nitrogen and oxygen atoms in total. The summed E-state index contributed by atoms with van der Waals surface area (Å²) >= 11 is 6.53. The highest BCUT2D eigenvalue weighted by atomic mass is 35.5. The summed E-state index contributed by atoms with van der Waals surface area (Å²) in [5, 5.41) is 1.23. The van der Waals surface area contributed by atoms with Crippen LogP contribution in [0.3, 0.4) is 0 Å². The highest BCUT2D eigenvalue weighted by molar-refractivity contribution is 6.31. The molecule has 0 radical (unpaired) electrons. The molecule has 0 fully saturated rings. The third-order valence-electron chi connectivity index (χ3n) is 5.95. The van der Waals surface area contributed by atoms with Crippen molar-refractivity contribution in [2.75, 3.05) is 6.61 Å². The third kappa shape index (κ3) is 2.93. The normalized spacial score (nSPS) is 17.3. The first-order chi connectivity index (χ1) is 15.0. The highest BCUT2D eigenvalue weighted by Crippen LogP contribution is 2.46. The lowest BCUT2D eigenvalue weighted by molar-refractivity contribution is -0.139. The summed E-state index contributed by atoms with van der Waals surface area (Å²) in [4.78, 5) is 26.7. The summed E-state index contributed by atoms with van der Waals surface area (Å²) in [5.74, 6) is -1.10. The molecule has 2 aromatic carbocycles. The number of nitrogens with zero attached hydrogens (tertiary/aromatic N) is 1. The number of aromatic nitrogens is 1. The predicted octanol–water partition coefficient (Wildman–Crippen LogP) is 3.86. The number of rotatable bonds is 3. The van der Waals surface area contributed by atoms with Crippen LogP contribution >= 0.6 is 11.6 Å². The molecule has 0 aliphatic carbocycles. The molecule has 1 unspecified atom stereocenters. The van der Waals surface area contributed by atoms with E-state index in [1.165, 1.54) is 0 Å². The summed E-state index contributed by atoms with van der Waals surface area (Å²) < 4.78 is 13.0. The fourth-order valence-corrected chi connectivity index (χ4v) is 4.93. The summed E-state index contributed by atoms with van der Waals surface area (Å²) in [7, 11) is 0. The van der Waals surface area contributed by atoms with Crippen LogP contribution < -0.4 is 16.0 Å². The van der Waals surface area contributed by atoms with Gasteiger partial charge in [-0.1, -0.05) is 41.9 Å². The average molecular weight is 437 g/mol. The number of carbonyl (C=O) groups is 1. The summed E-state index contributed by atoms with van der Waals surface area (Å²) in [5.41, 5.74) is 9.09. The number of carbonyl (C=O) groups excluding carboxylic acids is 1. The first-order valence-electron chi connectivity index (χ1n) is 10.3. The zero-order chi connectivity index (χ0) is 21.7. The fraction of sp³-hybridized carbons (Fsp3) is 0.250. The Balaban J connectivity index is 1.89. The van der Waals surface area contributed by atoms with Gasteiger partial charge in [-0.05, 0) is 43.0 Å². The summed E-state index contributed by atoms with van der Waals surface area (Å²) in [6.07, 6.45) is 1.76. The lowest BCUT2D eigenvalue weighted by Gasteiger charge is -2.31. The van der Waals surface area contributed by atoms with Crippen LogP contribution in [-0.2, 0) is 22.5 Å². The Hall–Kier alpha value is -3.25. The molecule has 0 spiro atoms. The van der Waals surface area contributed by atoms with Crippen LogP contribution in [0.5, 0.6) is 5.75 Å². The van der Waals surface area contributed by atoms with E-state index in [1.807, 2.05) is 24.3 Å². The second-order valence-electron chi connectivity index (χ2n) is 7.67. The summed E-state index contributed by atoms with van der Waals surface area (Å²) in [6.45, 7) is 2.48. The predicted molar refractivity (Wildman–Crippen MR) is 118 cm³/mol. The van der Waals surface area contributed by atoms with E-state index in [2.05, 4.69) is 0 Å². The van der Waals surface area contributed by atoms with E-state index >= 15 is 0 Å². The number of esters is 1. The molecule has 158 valence electrons. The number of fused-ring (bicyclic) bond motifs is 2. The van der Waals surface area contributed by atoms with Crippen LogP contribution in [0.4, 0.5) is 0 Å². The van der Waals surface area contributed by atoms with Crippen LogP contribution in [-0.4, -0.2) is 17.1 Å². The maximum absolute atomic E-state index is 13.8. The molecule has 0 amide bonds. The molecule has 5 rings (SSSR count). The molecule has 0 saturated heterocycles. The number of halogens is 1. The van der Waals surface area contributed by atoms with Gasteiger partial charge in [0.05, 0.1) is 23.6 Å². The Morgan fingerprint density at radius 3 is 2.84 bits per heavy atom. The van der Waals surface area contributed by atoms with Gasteiger partial charge in [-0.3, -0.25) is 4.79 Å². The Kier molecular flexibility index (Phi) is 4.74. The number of pyridine rings is 1. The number of benzene rings is 2. The van der Waals surface area contributed by atoms with E-state index in [0.717, 1.165) is 29.3 Å². The second kappa shape index (κ2) is 7.46. The van der Waals surface area contributed by atoms with Gasteiger partial charge >= 0.3 is 5.97 Å². The van der Waals surface area contributed by atoms with Crippen molar-refractivity contribution < 1.29 is 14.3 Å². The molecule has 1 aromatic heterocycles. The van der Waals surface area contributed by atoms with Crippen molar-refractivity contribution in [1.82, 2.24) is 4.57 Å². The first-order valence-corrected chi connectivity index (χ1v) is 10.7. The van der Waals surface area contributed by atoms with Gasteiger partial charge in [-0.15, -0.1) is 0 Å². The first kappa shape index (κ1) is 19.7. The quantitative estimate of drug-likeness (QED) is 0.630. The van der Waals surface area contributed by atoms with E-state index in [9.17, 15) is 9.59 Å². The van der Waals surface area contributed by atoms with E-state index < -0.39 is 11.9 Å². The maximum Gasteiger partial charge on any atom is 0.340 e. The second-order valence-corrected chi connectivity index (χ2v) is 8.08. The minimum Gasteiger partial charge on any atom is -0.462 e. The van der Waals surface area contributed by atoms with Gasteiger partial charge in [-0.2, -0.15) is 0 Å². The molecule has 7 heteroatoms. The molecular weight excluding hydrogens is 416 g/mol. The Morgan fingerprint density at radius 1 is 1.26 bits per heavy atom. The molecule has 2 N–H and O–H groups in total. The number of aryl methyl sites for hydroxylation is 2. The molecule has 2 aliphatic rings. The smallest absolute Gasteiger partial charge is 0.340 e. The van der Waals surface area contributed by atoms with Crippen LogP contribution in [0.2, 0.25) is 5.02 Å². The number of para-hydroxylation sites is 1. The van der Waals surface area contributed by atoms with Gasteiger partial charge in [0.15, 0.2) is 0 Å². The monoisotopic (exact) mass is 436 g/mol. The van der Waals surface area contributed by atoms with Crippen LogP contribution in [0.25, 0.3) is 10.9 Å². The van der Waals surface area contributed by atoms with E-state index in [1.54, 1.807) is 29.7 Å². The lowest BCUT2D eigenvalue weighted by atomic mass is 9.82. The SMILES string of the molecule is CCOC(=O)C1=C(N)Oc2c(c(=O)n3c4c(cccc24)CCC3)C1c1ccccc1Cl. The van der Waals surface area contributed by atoms with Crippen molar-refractivity contribution in [3.05, 3.63) is 86.0 Å². The largest absolute Gasteiger partial charge is 0.462 e. The van der Waals surface area contributed by atoms with Crippen LogP contribution in [0.1, 0.15) is 36.0 Å². The van der Waals surface area contributed by atoms with Crippen molar-refractivity contribution in [2.24, 2.45) is 5.73 Å². The van der Waals surface area contributed by atoms with E-state index in [-0.39, 0.29) is 23.6 Å². The zero-order valence-corrected chi connectivity index (χ0v) is 17.7. The molecule has 0 saturated carbocycles. The number of hydrogen-bond donors (Lipinski definition) is 1. The molecule has 2 aliphatic heterocycles.